The number of anilines is 2. The van der Waals surface area contributed by atoms with E-state index < -0.39 is 0 Å². The third-order valence-corrected chi connectivity index (χ3v) is 2.11. The van der Waals surface area contributed by atoms with Gasteiger partial charge in [0.05, 0.1) is 5.69 Å². The Morgan fingerprint density at radius 3 is 2.77 bits per heavy atom. The topological polar surface area (TPSA) is 67.1 Å². The molecule has 0 saturated heterocycles. The van der Waals surface area contributed by atoms with Crippen LogP contribution in [0.1, 0.15) is 11.3 Å². The van der Waals surface area contributed by atoms with Gasteiger partial charge in [-0.2, -0.15) is 4.98 Å². The number of hydrogen-bond acceptors (Lipinski definition) is 5. The molecule has 0 atom stereocenters. The van der Waals surface area contributed by atoms with Crippen LogP contribution in [0.4, 0.5) is 11.8 Å². The van der Waals surface area contributed by atoms with E-state index >= 15 is 0 Å². The predicted molar refractivity (Wildman–Crippen MR) is 51.3 cm³/mol. The number of hydrogen-bond donors (Lipinski definition) is 2. The molecule has 0 aliphatic carbocycles. The highest BCUT2D eigenvalue weighted by atomic mass is 15.2. The standard InChI is InChI=1S/C8H13N5/c1-13(2)7-5-3-10-4-6(5)11-8(9)12-7/h10H,3-4H2,1-2H3,(H2,9,11,12). The van der Waals surface area contributed by atoms with Crippen LogP contribution in [0.25, 0.3) is 0 Å². The first kappa shape index (κ1) is 8.25. The molecule has 0 saturated carbocycles. The quantitative estimate of drug-likeness (QED) is 0.621. The van der Waals surface area contributed by atoms with E-state index in [1.165, 1.54) is 5.56 Å². The van der Waals surface area contributed by atoms with Gasteiger partial charge in [-0.1, -0.05) is 0 Å². The van der Waals surface area contributed by atoms with Crippen molar-refractivity contribution in [3.63, 3.8) is 0 Å². The molecule has 3 N–H and O–H groups in total. The molecule has 5 heteroatoms. The highest BCUT2D eigenvalue weighted by Crippen LogP contribution is 2.23. The van der Waals surface area contributed by atoms with E-state index in [1.807, 2.05) is 19.0 Å². The Morgan fingerprint density at radius 1 is 1.31 bits per heavy atom. The Morgan fingerprint density at radius 2 is 2.08 bits per heavy atom. The van der Waals surface area contributed by atoms with E-state index in [9.17, 15) is 0 Å². The van der Waals surface area contributed by atoms with E-state index in [4.69, 9.17) is 5.73 Å². The highest BCUT2D eigenvalue weighted by Gasteiger charge is 2.18. The summed E-state index contributed by atoms with van der Waals surface area (Å²) in [5.41, 5.74) is 7.78. The lowest BCUT2D eigenvalue weighted by Crippen LogP contribution is -2.15. The van der Waals surface area contributed by atoms with Gasteiger partial charge in [-0.05, 0) is 0 Å². The molecule has 0 aromatic carbocycles. The molecule has 2 rings (SSSR count). The van der Waals surface area contributed by atoms with Crippen LogP contribution in [0.3, 0.4) is 0 Å². The van der Waals surface area contributed by atoms with Gasteiger partial charge >= 0.3 is 0 Å². The normalized spacial score (nSPS) is 14.3. The zero-order valence-corrected chi connectivity index (χ0v) is 7.83. The molecular weight excluding hydrogens is 166 g/mol. The second-order valence-corrected chi connectivity index (χ2v) is 3.33. The minimum Gasteiger partial charge on any atom is -0.368 e. The minimum atomic E-state index is 0.353. The molecule has 70 valence electrons. The SMILES string of the molecule is CN(C)c1nc(N)nc2c1CNC2. The maximum Gasteiger partial charge on any atom is 0.222 e. The van der Waals surface area contributed by atoms with Crippen LogP contribution in [0.2, 0.25) is 0 Å². The Balaban J connectivity index is 2.55. The summed E-state index contributed by atoms with van der Waals surface area (Å²) >= 11 is 0. The third kappa shape index (κ3) is 1.31. The molecule has 0 fully saturated rings. The maximum atomic E-state index is 5.59. The molecule has 1 aliphatic rings. The summed E-state index contributed by atoms with van der Waals surface area (Å²) in [6.07, 6.45) is 0. The molecular formula is C8H13N5. The van der Waals surface area contributed by atoms with E-state index in [0.717, 1.165) is 24.6 Å². The monoisotopic (exact) mass is 179 g/mol. The van der Waals surface area contributed by atoms with Crippen LogP contribution in [0.5, 0.6) is 0 Å². The van der Waals surface area contributed by atoms with Gasteiger partial charge < -0.3 is 16.0 Å². The van der Waals surface area contributed by atoms with Gasteiger partial charge in [0.25, 0.3) is 0 Å². The van der Waals surface area contributed by atoms with Crippen LogP contribution < -0.4 is 16.0 Å². The van der Waals surface area contributed by atoms with E-state index in [2.05, 4.69) is 15.3 Å². The average molecular weight is 179 g/mol. The van der Waals surface area contributed by atoms with E-state index in [0.29, 0.717) is 5.95 Å². The number of fused-ring (bicyclic) bond motifs is 1. The van der Waals surface area contributed by atoms with Gasteiger partial charge in [0, 0.05) is 32.7 Å². The minimum absolute atomic E-state index is 0.353. The number of nitrogen functional groups attached to an aromatic ring is 1. The summed E-state index contributed by atoms with van der Waals surface area (Å²) < 4.78 is 0. The van der Waals surface area contributed by atoms with Crippen molar-refractivity contribution in [1.82, 2.24) is 15.3 Å². The number of aromatic nitrogens is 2. The number of nitrogens with one attached hydrogen (secondary N) is 1. The van der Waals surface area contributed by atoms with Gasteiger partial charge in [0.2, 0.25) is 5.95 Å². The van der Waals surface area contributed by atoms with Crippen molar-refractivity contribution in [2.24, 2.45) is 0 Å². The number of nitrogens with zero attached hydrogens (tertiary/aromatic N) is 3. The van der Waals surface area contributed by atoms with E-state index in [1.54, 1.807) is 0 Å². The Hall–Kier alpha value is -1.36. The van der Waals surface area contributed by atoms with Crippen LogP contribution in [-0.4, -0.2) is 24.1 Å². The van der Waals surface area contributed by atoms with Gasteiger partial charge in [-0.3, -0.25) is 0 Å². The van der Waals surface area contributed by atoms with Crippen molar-refractivity contribution in [3.05, 3.63) is 11.3 Å². The molecule has 2 heterocycles. The van der Waals surface area contributed by atoms with Gasteiger partial charge in [-0.25, -0.2) is 4.98 Å². The molecule has 0 radical (unpaired) electrons. The molecule has 1 aromatic rings. The summed E-state index contributed by atoms with van der Waals surface area (Å²) in [6.45, 7) is 1.63. The molecule has 1 aliphatic heterocycles. The lowest BCUT2D eigenvalue weighted by molar-refractivity contribution is 0.757. The van der Waals surface area contributed by atoms with Crippen molar-refractivity contribution in [3.8, 4) is 0 Å². The van der Waals surface area contributed by atoms with Crippen molar-refractivity contribution in [1.29, 1.82) is 0 Å². The van der Waals surface area contributed by atoms with Crippen LogP contribution in [0, 0.1) is 0 Å². The van der Waals surface area contributed by atoms with Crippen LogP contribution in [0.15, 0.2) is 0 Å². The first-order valence-electron chi connectivity index (χ1n) is 4.22. The smallest absolute Gasteiger partial charge is 0.222 e. The van der Waals surface area contributed by atoms with Gasteiger partial charge in [-0.15, -0.1) is 0 Å². The first-order valence-corrected chi connectivity index (χ1v) is 4.22. The summed E-state index contributed by atoms with van der Waals surface area (Å²) in [5, 5.41) is 3.23. The largest absolute Gasteiger partial charge is 0.368 e. The lowest BCUT2D eigenvalue weighted by Gasteiger charge is -2.14. The average Bonchev–Trinajstić information content (AvgIpc) is 2.49. The van der Waals surface area contributed by atoms with Gasteiger partial charge in [0.15, 0.2) is 0 Å². The molecule has 0 spiro atoms. The predicted octanol–water partition coefficient (Wildman–Crippen LogP) is -0.272. The molecule has 0 unspecified atom stereocenters. The first-order chi connectivity index (χ1) is 6.18. The number of rotatable bonds is 1. The van der Waals surface area contributed by atoms with Gasteiger partial charge in [0.1, 0.15) is 5.82 Å². The van der Waals surface area contributed by atoms with Crippen molar-refractivity contribution < 1.29 is 0 Å². The second-order valence-electron chi connectivity index (χ2n) is 3.33. The number of nitrogens with two attached hydrogens (primary N) is 1. The van der Waals surface area contributed by atoms with Crippen LogP contribution >= 0.6 is 0 Å². The second kappa shape index (κ2) is 2.85. The molecule has 13 heavy (non-hydrogen) atoms. The zero-order valence-electron chi connectivity index (χ0n) is 7.83. The summed E-state index contributed by atoms with van der Waals surface area (Å²) in [4.78, 5) is 10.3. The lowest BCUT2D eigenvalue weighted by atomic mass is 10.2. The third-order valence-electron chi connectivity index (χ3n) is 2.11. The molecule has 0 amide bonds. The Labute approximate surface area is 77.0 Å². The maximum absolute atomic E-state index is 5.59. The van der Waals surface area contributed by atoms with E-state index in [-0.39, 0.29) is 0 Å². The molecule has 1 aromatic heterocycles. The highest BCUT2D eigenvalue weighted by molar-refractivity contribution is 5.52. The van der Waals surface area contributed by atoms with Crippen molar-refractivity contribution in [2.45, 2.75) is 13.1 Å². The fourth-order valence-electron chi connectivity index (χ4n) is 1.54. The Kier molecular flexibility index (Phi) is 1.81. The summed E-state index contributed by atoms with van der Waals surface area (Å²) in [5.74, 6) is 1.28. The summed E-state index contributed by atoms with van der Waals surface area (Å²) in [6, 6.07) is 0. The molecule has 0 bridgehead atoms. The molecule has 5 nitrogen and oxygen atoms in total. The van der Waals surface area contributed by atoms with Crippen LogP contribution in [-0.2, 0) is 13.1 Å². The zero-order chi connectivity index (χ0) is 9.42. The fraction of sp³-hybridized carbons (Fsp3) is 0.500. The van der Waals surface area contributed by atoms with Crippen molar-refractivity contribution in [2.75, 3.05) is 24.7 Å². The fourth-order valence-corrected chi connectivity index (χ4v) is 1.54. The Bertz CT molecular complexity index is 334. The summed E-state index contributed by atoms with van der Waals surface area (Å²) in [7, 11) is 3.92. The van der Waals surface area contributed by atoms with Crippen molar-refractivity contribution >= 4 is 11.8 Å².